The summed E-state index contributed by atoms with van der Waals surface area (Å²) in [4.78, 5) is 20.7. The normalized spacial score (nSPS) is 17.0. The lowest BCUT2D eigenvalue weighted by Gasteiger charge is -2.19. The Morgan fingerprint density at radius 1 is 1.27 bits per heavy atom. The highest BCUT2D eigenvalue weighted by molar-refractivity contribution is 5.78. The van der Waals surface area contributed by atoms with Crippen LogP contribution in [0, 0.1) is 12.7 Å². The topological polar surface area (TPSA) is 48.5 Å². The second-order valence-corrected chi connectivity index (χ2v) is 7.12. The van der Waals surface area contributed by atoms with E-state index in [1.54, 1.807) is 12.1 Å². The Balaban J connectivity index is 1.72. The van der Waals surface area contributed by atoms with E-state index < -0.39 is 0 Å². The van der Waals surface area contributed by atoms with Crippen molar-refractivity contribution < 1.29 is 9.18 Å². The van der Waals surface area contributed by atoms with Crippen molar-refractivity contribution in [2.45, 2.75) is 19.3 Å². The molecule has 0 spiro atoms. The number of aromatic nitrogens is 1. The molecule has 138 valence electrons. The maximum Gasteiger partial charge on any atom is 0.236 e. The van der Waals surface area contributed by atoms with Gasteiger partial charge < -0.3 is 15.1 Å². The fourth-order valence-electron chi connectivity index (χ4n) is 3.27. The highest BCUT2D eigenvalue weighted by Gasteiger charge is 2.28. The molecule has 0 aliphatic carbocycles. The monoisotopic (exact) mass is 356 g/mol. The molecule has 2 aromatic rings. The van der Waals surface area contributed by atoms with Crippen LogP contribution in [0.1, 0.15) is 23.7 Å². The van der Waals surface area contributed by atoms with E-state index in [1.165, 1.54) is 12.1 Å². The number of carbonyl (C=O) groups is 1. The molecule has 1 amide bonds. The second kappa shape index (κ2) is 7.83. The van der Waals surface area contributed by atoms with Gasteiger partial charge in [0.25, 0.3) is 0 Å². The molecule has 0 unspecified atom stereocenters. The van der Waals surface area contributed by atoms with Crippen molar-refractivity contribution in [3.63, 3.8) is 0 Å². The zero-order valence-corrected chi connectivity index (χ0v) is 15.5. The zero-order chi connectivity index (χ0) is 18.7. The summed E-state index contributed by atoms with van der Waals surface area (Å²) in [7, 11) is 3.81. The van der Waals surface area contributed by atoms with E-state index >= 15 is 0 Å². The number of benzene rings is 1. The van der Waals surface area contributed by atoms with Crippen LogP contribution in [-0.2, 0) is 4.79 Å². The number of amides is 1. The van der Waals surface area contributed by atoms with Gasteiger partial charge in [-0.05, 0) is 63.8 Å². The van der Waals surface area contributed by atoms with Crippen LogP contribution < -0.4 is 5.32 Å². The number of nitrogens with one attached hydrogen (secondary N) is 1. The molecule has 1 aromatic carbocycles. The van der Waals surface area contributed by atoms with E-state index in [2.05, 4.69) is 10.3 Å². The van der Waals surface area contributed by atoms with Gasteiger partial charge in [0.2, 0.25) is 5.91 Å². The van der Waals surface area contributed by atoms with Gasteiger partial charge in [-0.1, -0.05) is 0 Å². The van der Waals surface area contributed by atoms with E-state index in [4.69, 9.17) is 0 Å². The van der Waals surface area contributed by atoms with Gasteiger partial charge in [-0.3, -0.25) is 9.78 Å². The molecule has 0 saturated carbocycles. The van der Waals surface area contributed by atoms with Gasteiger partial charge in [0.1, 0.15) is 5.82 Å². The largest absolute Gasteiger partial charge is 0.355 e. The van der Waals surface area contributed by atoms with Gasteiger partial charge in [0, 0.05) is 41.8 Å². The quantitative estimate of drug-likeness (QED) is 0.894. The number of carbonyl (C=O) groups excluding carboxylic acids is 1. The number of nitrogens with zero attached hydrogens (tertiary/aromatic N) is 3. The van der Waals surface area contributed by atoms with Crippen molar-refractivity contribution in [2.24, 2.45) is 0 Å². The van der Waals surface area contributed by atoms with Crippen molar-refractivity contribution in [1.29, 1.82) is 0 Å². The van der Waals surface area contributed by atoms with E-state index in [0.29, 0.717) is 13.1 Å². The van der Waals surface area contributed by atoms with Crippen LogP contribution in [-0.4, -0.2) is 54.4 Å². The first kappa shape index (κ1) is 18.3. The van der Waals surface area contributed by atoms with Crippen molar-refractivity contribution in [2.75, 3.05) is 39.0 Å². The highest BCUT2D eigenvalue weighted by atomic mass is 19.1. The van der Waals surface area contributed by atoms with Crippen LogP contribution in [0.3, 0.4) is 0 Å². The smallest absolute Gasteiger partial charge is 0.236 e. The first-order chi connectivity index (χ1) is 12.4. The number of pyridine rings is 1. The van der Waals surface area contributed by atoms with Crippen molar-refractivity contribution in [3.8, 4) is 0 Å². The van der Waals surface area contributed by atoms with Gasteiger partial charge in [-0.25, -0.2) is 4.39 Å². The Labute approximate surface area is 153 Å². The van der Waals surface area contributed by atoms with Crippen molar-refractivity contribution >= 4 is 17.3 Å². The molecule has 6 heteroatoms. The van der Waals surface area contributed by atoms with Crippen LogP contribution in [0.25, 0.3) is 0 Å². The van der Waals surface area contributed by atoms with Crippen molar-refractivity contribution in [3.05, 3.63) is 53.6 Å². The summed E-state index contributed by atoms with van der Waals surface area (Å²) in [5, 5.41) is 3.30. The summed E-state index contributed by atoms with van der Waals surface area (Å²) in [6, 6.07) is 10.3. The predicted octanol–water partition coefficient (Wildman–Crippen LogP) is 3.15. The molecule has 1 fully saturated rings. The number of rotatable bonds is 5. The lowest BCUT2D eigenvalue weighted by Crippen LogP contribution is -2.36. The lowest BCUT2D eigenvalue weighted by atomic mass is 10.0. The molecule has 1 aliphatic rings. The molecule has 1 aliphatic heterocycles. The van der Waals surface area contributed by atoms with E-state index in [0.717, 1.165) is 35.7 Å². The van der Waals surface area contributed by atoms with E-state index in [-0.39, 0.29) is 17.6 Å². The van der Waals surface area contributed by atoms with Gasteiger partial charge in [-0.15, -0.1) is 0 Å². The molecule has 1 aromatic heterocycles. The molecule has 5 nitrogen and oxygen atoms in total. The van der Waals surface area contributed by atoms with E-state index in [9.17, 15) is 9.18 Å². The maximum absolute atomic E-state index is 13.1. The summed E-state index contributed by atoms with van der Waals surface area (Å²) >= 11 is 0. The molecule has 0 bridgehead atoms. The average molecular weight is 356 g/mol. The van der Waals surface area contributed by atoms with E-state index in [1.807, 2.05) is 43.0 Å². The molecule has 2 heterocycles. The van der Waals surface area contributed by atoms with Crippen LogP contribution in [0.5, 0.6) is 0 Å². The molecule has 1 saturated heterocycles. The van der Waals surface area contributed by atoms with Gasteiger partial charge in [-0.2, -0.15) is 0 Å². The maximum atomic E-state index is 13.1. The molecule has 1 atom stereocenters. The fraction of sp³-hybridized carbons (Fsp3) is 0.400. The Morgan fingerprint density at radius 3 is 2.69 bits per heavy atom. The summed E-state index contributed by atoms with van der Waals surface area (Å²) in [5.41, 5.74) is 3.68. The van der Waals surface area contributed by atoms with Gasteiger partial charge in [0.15, 0.2) is 0 Å². The summed E-state index contributed by atoms with van der Waals surface area (Å²) in [5.74, 6) is 0.153. The summed E-state index contributed by atoms with van der Waals surface area (Å²) < 4.78 is 13.1. The minimum atomic E-state index is -0.254. The number of aryl methyl sites for hydroxylation is 1. The number of anilines is 2. The summed E-state index contributed by atoms with van der Waals surface area (Å²) in [6.07, 6.45) is 0.922. The minimum absolute atomic E-state index is 0.162. The number of halogens is 1. The Kier molecular flexibility index (Phi) is 5.52. The van der Waals surface area contributed by atoms with Gasteiger partial charge in [0.05, 0.1) is 6.54 Å². The van der Waals surface area contributed by atoms with Crippen LogP contribution >= 0.6 is 0 Å². The fourth-order valence-corrected chi connectivity index (χ4v) is 3.27. The molecular weight excluding hydrogens is 331 g/mol. The molecule has 1 N–H and O–H groups in total. The van der Waals surface area contributed by atoms with Crippen LogP contribution in [0.4, 0.5) is 15.8 Å². The third-order valence-corrected chi connectivity index (χ3v) is 4.52. The van der Waals surface area contributed by atoms with Crippen LogP contribution in [0.15, 0.2) is 36.4 Å². The third-order valence-electron chi connectivity index (χ3n) is 4.52. The Morgan fingerprint density at radius 2 is 2.00 bits per heavy atom. The Hall–Kier alpha value is -2.47. The average Bonchev–Trinajstić information content (AvgIpc) is 3.06. The van der Waals surface area contributed by atoms with Crippen molar-refractivity contribution in [1.82, 2.24) is 14.8 Å². The number of likely N-dealkylation sites (tertiary alicyclic amines) is 1. The third kappa shape index (κ3) is 4.58. The molecule has 3 rings (SSSR count). The predicted molar refractivity (Wildman–Crippen MR) is 101 cm³/mol. The number of likely N-dealkylation sites (N-methyl/N-ethyl adjacent to an activating group) is 1. The second-order valence-electron chi connectivity index (χ2n) is 7.12. The molecule has 0 radical (unpaired) electrons. The van der Waals surface area contributed by atoms with Gasteiger partial charge >= 0.3 is 0 Å². The summed E-state index contributed by atoms with van der Waals surface area (Å²) in [6.45, 7) is 3.88. The first-order valence-corrected chi connectivity index (χ1v) is 8.84. The molecule has 26 heavy (non-hydrogen) atoms. The zero-order valence-electron chi connectivity index (χ0n) is 15.5. The lowest BCUT2D eigenvalue weighted by molar-refractivity contribution is -0.130. The highest BCUT2D eigenvalue weighted by Crippen LogP contribution is 2.29. The number of hydrogen-bond acceptors (Lipinski definition) is 4. The standard InChI is InChI=1S/C20H25FN4O/c1-14-10-18(23-17-6-4-16(21)5-7-17)11-19(22-14)15-8-9-25(12-15)20(26)13-24(2)3/h4-7,10-11,15H,8-9,12-13H2,1-3H3,(H,22,23)/t15-/m1/s1. The van der Waals surface area contributed by atoms with Crippen LogP contribution in [0.2, 0.25) is 0 Å². The number of hydrogen-bond donors (Lipinski definition) is 1. The molecular formula is C20H25FN4O. The first-order valence-electron chi connectivity index (χ1n) is 8.84. The minimum Gasteiger partial charge on any atom is -0.355 e. The Bertz CT molecular complexity index is 776. The SMILES string of the molecule is Cc1cc(Nc2ccc(F)cc2)cc([C@@H]2CCN(C(=O)CN(C)C)C2)n1.